The van der Waals surface area contributed by atoms with E-state index in [1.165, 1.54) is 5.56 Å². The van der Waals surface area contributed by atoms with Crippen LogP contribution in [0.5, 0.6) is 0 Å². The van der Waals surface area contributed by atoms with E-state index in [2.05, 4.69) is 41.1 Å². The molecule has 1 unspecified atom stereocenters. The van der Waals surface area contributed by atoms with E-state index in [1.807, 2.05) is 24.3 Å². The van der Waals surface area contributed by atoms with Crippen LogP contribution in [-0.4, -0.2) is 30.1 Å². The van der Waals surface area contributed by atoms with Crippen molar-refractivity contribution in [2.75, 3.05) is 18.1 Å². The number of fused-ring (bicyclic) bond motifs is 1. The van der Waals surface area contributed by atoms with Crippen LogP contribution >= 0.6 is 27.3 Å². The number of hydrogen-bond acceptors (Lipinski definition) is 4. The lowest BCUT2D eigenvalue weighted by Crippen LogP contribution is -2.37. The Kier molecular flexibility index (Phi) is 5.57. The second-order valence-corrected chi connectivity index (χ2v) is 8.60. The molecule has 1 saturated heterocycles. The Bertz CT molecular complexity index is 966. The van der Waals surface area contributed by atoms with Crippen molar-refractivity contribution in [3.63, 3.8) is 0 Å². The normalized spacial score (nSPS) is 16.7. The van der Waals surface area contributed by atoms with Crippen LogP contribution in [0.4, 0.5) is 5.13 Å². The number of amides is 1. The second-order valence-electron chi connectivity index (χ2n) is 6.68. The lowest BCUT2D eigenvalue weighted by Gasteiger charge is -2.23. The minimum atomic E-state index is -0.0381. The van der Waals surface area contributed by atoms with Crippen LogP contribution in [0.15, 0.2) is 46.9 Å². The van der Waals surface area contributed by atoms with Crippen molar-refractivity contribution in [1.82, 2.24) is 4.98 Å². The molecule has 0 aliphatic carbocycles. The Morgan fingerprint density at radius 2 is 2.19 bits per heavy atom. The van der Waals surface area contributed by atoms with E-state index < -0.39 is 0 Å². The van der Waals surface area contributed by atoms with Gasteiger partial charge < -0.3 is 4.74 Å². The molecule has 140 valence electrons. The van der Waals surface area contributed by atoms with E-state index in [0.29, 0.717) is 12.1 Å². The fraction of sp³-hybridized carbons (Fsp3) is 0.333. The molecule has 4 nitrogen and oxygen atoms in total. The largest absolute Gasteiger partial charge is 0.376 e. The van der Waals surface area contributed by atoms with E-state index in [9.17, 15) is 4.79 Å². The third kappa shape index (κ3) is 3.93. The summed E-state index contributed by atoms with van der Waals surface area (Å²) in [5.41, 5.74) is 2.86. The van der Waals surface area contributed by atoms with E-state index in [0.717, 1.165) is 45.7 Å². The number of benzene rings is 2. The van der Waals surface area contributed by atoms with Crippen LogP contribution in [-0.2, 0) is 11.2 Å². The first-order chi connectivity index (χ1) is 13.2. The van der Waals surface area contributed by atoms with E-state index in [-0.39, 0.29) is 12.0 Å². The summed E-state index contributed by atoms with van der Waals surface area (Å²) >= 11 is 5.03. The van der Waals surface area contributed by atoms with Crippen molar-refractivity contribution in [3.05, 3.63) is 58.1 Å². The van der Waals surface area contributed by atoms with Gasteiger partial charge in [0.05, 0.1) is 22.9 Å². The van der Waals surface area contributed by atoms with E-state index >= 15 is 0 Å². The van der Waals surface area contributed by atoms with Gasteiger partial charge in [-0.15, -0.1) is 0 Å². The first-order valence-electron chi connectivity index (χ1n) is 9.23. The predicted octanol–water partition coefficient (Wildman–Crippen LogP) is 5.45. The number of rotatable bonds is 5. The Labute approximate surface area is 171 Å². The maximum atomic E-state index is 13.3. The number of aryl methyl sites for hydroxylation is 1. The van der Waals surface area contributed by atoms with Crippen molar-refractivity contribution >= 4 is 48.5 Å². The number of thiazole rings is 1. The number of para-hydroxylation sites is 1. The van der Waals surface area contributed by atoms with Crippen LogP contribution < -0.4 is 4.90 Å². The van der Waals surface area contributed by atoms with Crippen molar-refractivity contribution in [3.8, 4) is 0 Å². The molecular formula is C21H21BrN2O2S. The number of hydrogen-bond donors (Lipinski definition) is 0. The Morgan fingerprint density at radius 3 is 2.93 bits per heavy atom. The van der Waals surface area contributed by atoms with Gasteiger partial charge in [0.15, 0.2) is 5.13 Å². The molecule has 1 atom stereocenters. The summed E-state index contributed by atoms with van der Waals surface area (Å²) in [4.78, 5) is 20.0. The van der Waals surface area contributed by atoms with Crippen LogP contribution in [0.3, 0.4) is 0 Å². The number of nitrogens with zero attached hydrogens (tertiary/aromatic N) is 2. The van der Waals surface area contributed by atoms with Crippen LogP contribution in [0.2, 0.25) is 0 Å². The lowest BCUT2D eigenvalue weighted by atomic mass is 10.1. The van der Waals surface area contributed by atoms with Gasteiger partial charge in [0.25, 0.3) is 5.91 Å². The number of ether oxygens (including phenoxy) is 1. The molecule has 0 radical (unpaired) electrons. The zero-order chi connectivity index (χ0) is 18.8. The number of carbonyl (C=O) groups excluding carboxylic acids is 1. The average molecular weight is 445 g/mol. The third-order valence-corrected chi connectivity index (χ3v) is 6.37. The van der Waals surface area contributed by atoms with E-state index in [1.54, 1.807) is 16.2 Å². The zero-order valence-electron chi connectivity index (χ0n) is 15.2. The van der Waals surface area contributed by atoms with E-state index in [4.69, 9.17) is 9.72 Å². The first-order valence-corrected chi connectivity index (χ1v) is 10.8. The number of anilines is 1. The molecule has 0 bridgehead atoms. The molecule has 27 heavy (non-hydrogen) atoms. The van der Waals surface area contributed by atoms with Crippen molar-refractivity contribution in [1.29, 1.82) is 0 Å². The minimum absolute atomic E-state index is 0.0381. The van der Waals surface area contributed by atoms with Gasteiger partial charge in [0.2, 0.25) is 0 Å². The topological polar surface area (TPSA) is 42.4 Å². The predicted molar refractivity (Wildman–Crippen MR) is 114 cm³/mol. The van der Waals surface area contributed by atoms with Gasteiger partial charge in [-0.25, -0.2) is 4.98 Å². The molecule has 0 spiro atoms. The highest BCUT2D eigenvalue weighted by atomic mass is 79.9. The van der Waals surface area contributed by atoms with Gasteiger partial charge >= 0.3 is 0 Å². The summed E-state index contributed by atoms with van der Waals surface area (Å²) in [6.45, 7) is 3.43. The highest BCUT2D eigenvalue weighted by Gasteiger charge is 2.27. The molecule has 3 aromatic rings. The van der Waals surface area contributed by atoms with Gasteiger partial charge in [-0.1, -0.05) is 52.4 Å². The summed E-state index contributed by atoms with van der Waals surface area (Å²) < 4.78 is 7.81. The van der Waals surface area contributed by atoms with Crippen molar-refractivity contribution in [2.45, 2.75) is 32.3 Å². The molecule has 6 heteroatoms. The molecule has 2 heterocycles. The molecule has 2 aromatic carbocycles. The number of carbonyl (C=O) groups is 1. The quantitative estimate of drug-likeness (QED) is 0.525. The van der Waals surface area contributed by atoms with Crippen molar-refractivity contribution < 1.29 is 9.53 Å². The molecule has 1 aromatic heterocycles. The standard InChI is InChI=1S/C21H21BrN2O2S/c1-2-14-6-4-10-18-19(14)23-21(27-18)24(13-17-9-5-11-26-17)20(25)15-7-3-8-16(22)12-15/h3-4,6-8,10,12,17H,2,5,9,11,13H2,1H3. The molecule has 4 rings (SSSR count). The third-order valence-electron chi connectivity index (χ3n) is 4.83. The average Bonchev–Trinajstić information content (AvgIpc) is 3.34. The Balaban J connectivity index is 1.74. The highest BCUT2D eigenvalue weighted by Crippen LogP contribution is 2.33. The maximum absolute atomic E-state index is 13.3. The molecule has 0 saturated carbocycles. The SMILES string of the molecule is CCc1cccc2sc(N(CC3CCCO3)C(=O)c3cccc(Br)c3)nc12. The van der Waals surface area contributed by atoms with Gasteiger partial charge in [-0.2, -0.15) is 0 Å². The van der Waals surface area contributed by atoms with Gasteiger partial charge in [-0.05, 0) is 49.1 Å². The Morgan fingerprint density at radius 1 is 1.33 bits per heavy atom. The summed E-state index contributed by atoms with van der Waals surface area (Å²) in [5.74, 6) is -0.0381. The molecular weight excluding hydrogens is 424 g/mol. The van der Waals surface area contributed by atoms with Crippen LogP contribution in [0.25, 0.3) is 10.2 Å². The molecule has 1 aliphatic rings. The summed E-state index contributed by atoms with van der Waals surface area (Å²) in [5, 5.41) is 0.742. The van der Waals surface area contributed by atoms with Gasteiger partial charge in [-0.3, -0.25) is 9.69 Å². The van der Waals surface area contributed by atoms with Crippen molar-refractivity contribution in [2.24, 2.45) is 0 Å². The lowest BCUT2D eigenvalue weighted by molar-refractivity contribution is 0.0917. The van der Waals surface area contributed by atoms with Gasteiger partial charge in [0, 0.05) is 16.6 Å². The summed E-state index contributed by atoms with van der Waals surface area (Å²) in [6.07, 6.45) is 3.02. The fourth-order valence-corrected chi connectivity index (χ4v) is 4.83. The summed E-state index contributed by atoms with van der Waals surface area (Å²) in [7, 11) is 0. The summed E-state index contributed by atoms with van der Waals surface area (Å²) in [6, 6.07) is 13.7. The number of aromatic nitrogens is 1. The first kappa shape index (κ1) is 18.6. The minimum Gasteiger partial charge on any atom is -0.376 e. The molecule has 1 fully saturated rings. The molecule has 0 N–H and O–H groups in total. The van der Waals surface area contributed by atoms with Crippen LogP contribution in [0, 0.1) is 0 Å². The fourth-order valence-electron chi connectivity index (χ4n) is 3.41. The molecule has 1 aliphatic heterocycles. The highest BCUT2D eigenvalue weighted by molar-refractivity contribution is 9.10. The van der Waals surface area contributed by atoms with Gasteiger partial charge in [0.1, 0.15) is 0 Å². The second kappa shape index (κ2) is 8.09. The molecule has 1 amide bonds. The Hall–Kier alpha value is -1.76. The zero-order valence-corrected chi connectivity index (χ0v) is 17.6. The maximum Gasteiger partial charge on any atom is 0.260 e. The number of halogens is 1. The van der Waals surface area contributed by atoms with Crippen LogP contribution in [0.1, 0.15) is 35.7 Å². The monoisotopic (exact) mass is 444 g/mol. The smallest absolute Gasteiger partial charge is 0.260 e.